The first kappa shape index (κ1) is 15.8. The number of benzene rings is 2. The molecule has 0 saturated heterocycles. The van der Waals surface area contributed by atoms with Crippen molar-refractivity contribution in [1.29, 1.82) is 0 Å². The average molecular weight is 297 g/mol. The Labute approximate surface area is 130 Å². The summed E-state index contributed by atoms with van der Waals surface area (Å²) in [7, 11) is 1.43. The molecule has 0 aliphatic carbocycles. The molecule has 0 aliphatic rings. The van der Waals surface area contributed by atoms with Crippen LogP contribution in [0.1, 0.15) is 27.8 Å². The zero-order chi connectivity index (χ0) is 16.3. The fraction of sp³-hybridized carbons (Fsp3) is 0.222. The third-order valence-electron chi connectivity index (χ3n) is 3.82. The van der Waals surface area contributed by atoms with Gasteiger partial charge in [0.1, 0.15) is 0 Å². The number of methoxy groups -OCH3 is 1. The van der Waals surface area contributed by atoms with Gasteiger partial charge in [-0.05, 0) is 54.7 Å². The topological polar surface area (TPSA) is 52.4 Å². The van der Waals surface area contributed by atoms with Gasteiger partial charge in [-0.2, -0.15) is 0 Å². The summed E-state index contributed by atoms with van der Waals surface area (Å²) in [6, 6.07) is 9.15. The van der Waals surface area contributed by atoms with Crippen LogP contribution in [0.4, 0.5) is 5.69 Å². The molecule has 0 amide bonds. The van der Waals surface area contributed by atoms with Gasteiger partial charge >= 0.3 is 5.69 Å². The second-order valence-corrected chi connectivity index (χ2v) is 5.30. The summed E-state index contributed by atoms with van der Waals surface area (Å²) >= 11 is 0. The molecular weight excluding hydrogens is 278 g/mol. The van der Waals surface area contributed by atoms with Crippen molar-refractivity contribution in [3.05, 3.63) is 68.3 Å². The molecule has 2 aromatic rings. The fourth-order valence-electron chi connectivity index (χ4n) is 2.31. The largest absolute Gasteiger partial charge is 0.490 e. The lowest BCUT2D eigenvalue weighted by molar-refractivity contribution is -0.385. The van der Waals surface area contributed by atoms with Crippen LogP contribution < -0.4 is 4.74 Å². The van der Waals surface area contributed by atoms with Crippen molar-refractivity contribution in [3.63, 3.8) is 0 Å². The van der Waals surface area contributed by atoms with Crippen molar-refractivity contribution in [2.24, 2.45) is 0 Å². The number of ether oxygens (including phenoxy) is 1. The van der Waals surface area contributed by atoms with E-state index in [4.69, 9.17) is 4.74 Å². The predicted octanol–water partition coefficient (Wildman–Crippen LogP) is 4.70. The van der Waals surface area contributed by atoms with Gasteiger partial charge in [0, 0.05) is 6.07 Å². The maximum absolute atomic E-state index is 11.0. The molecule has 0 saturated carbocycles. The molecule has 0 bridgehead atoms. The van der Waals surface area contributed by atoms with Gasteiger partial charge in [-0.15, -0.1) is 0 Å². The minimum atomic E-state index is -0.434. The molecule has 0 fully saturated rings. The molecule has 0 aliphatic heterocycles. The third kappa shape index (κ3) is 3.34. The van der Waals surface area contributed by atoms with E-state index in [2.05, 4.69) is 32.9 Å². The van der Waals surface area contributed by atoms with E-state index in [1.165, 1.54) is 29.9 Å². The first-order chi connectivity index (χ1) is 10.4. The average Bonchev–Trinajstić information content (AvgIpc) is 2.50. The number of aryl methyl sites for hydroxylation is 2. The lowest BCUT2D eigenvalue weighted by Gasteiger charge is -2.06. The van der Waals surface area contributed by atoms with E-state index in [-0.39, 0.29) is 11.4 Å². The number of hydrogen-bond acceptors (Lipinski definition) is 3. The van der Waals surface area contributed by atoms with E-state index in [0.717, 1.165) is 11.1 Å². The van der Waals surface area contributed by atoms with Gasteiger partial charge in [0.15, 0.2) is 5.75 Å². The Hall–Kier alpha value is -2.62. The van der Waals surface area contributed by atoms with Crippen LogP contribution in [0.25, 0.3) is 12.2 Å². The normalized spacial score (nSPS) is 10.9. The Balaban J connectivity index is 2.34. The molecule has 4 heteroatoms. The maximum Gasteiger partial charge on any atom is 0.311 e. The summed E-state index contributed by atoms with van der Waals surface area (Å²) in [6.07, 6.45) is 3.83. The van der Waals surface area contributed by atoms with E-state index in [1.807, 2.05) is 12.2 Å². The van der Waals surface area contributed by atoms with Gasteiger partial charge in [-0.25, -0.2) is 0 Å². The molecule has 0 atom stereocenters. The molecule has 2 aromatic carbocycles. The summed E-state index contributed by atoms with van der Waals surface area (Å²) in [5.74, 6) is 0.268. The Kier molecular flexibility index (Phi) is 4.61. The van der Waals surface area contributed by atoms with Crippen molar-refractivity contribution in [1.82, 2.24) is 0 Å². The van der Waals surface area contributed by atoms with Crippen molar-refractivity contribution in [2.45, 2.75) is 20.8 Å². The summed E-state index contributed by atoms with van der Waals surface area (Å²) < 4.78 is 5.00. The van der Waals surface area contributed by atoms with Crippen molar-refractivity contribution in [3.8, 4) is 5.75 Å². The monoisotopic (exact) mass is 297 g/mol. The highest BCUT2D eigenvalue weighted by Crippen LogP contribution is 2.28. The van der Waals surface area contributed by atoms with Crippen LogP contribution in [0.3, 0.4) is 0 Å². The van der Waals surface area contributed by atoms with Crippen LogP contribution >= 0.6 is 0 Å². The Bertz CT molecular complexity index is 725. The minimum Gasteiger partial charge on any atom is -0.490 e. The van der Waals surface area contributed by atoms with Gasteiger partial charge in [0.25, 0.3) is 0 Å². The second-order valence-electron chi connectivity index (χ2n) is 5.30. The molecule has 0 unspecified atom stereocenters. The Morgan fingerprint density at radius 2 is 1.59 bits per heavy atom. The SMILES string of the molecule is COc1ccc(/C=C/c2cc(C)c(C)c(C)c2)cc1[N+](=O)[O-]. The van der Waals surface area contributed by atoms with Gasteiger partial charge in [0.05, 0.1) is 12.0 Å². The minimum absolute atomic E-state index is 0.0269. The molecular formula is C18H19NO3. The quantitative estimate of drug-likeness (QED) is 0.467. The summed E-state index contributed by atoms with van der Waals surface area (Å²) in [6.45, 7) is 6.26. The van der Waals surface area contributed by atoms with Crippen molar-refractivity contribution >= 4 is 17.8 Å². The molecule has 0 spiro atoms. The number of nitro benzene ring substituents is 1. The molecule has 0 radical (unpaired) electrons. The van der Waals surface area contributed by atoms with E-state index in [1.54, 1.807) is 12.1 Å². The van der Waals surface area contributed by atoms with Gasteiger partial charge in [-0.3, -0.25) is 10.1 Å². The van der Waals surface area contributed by atoms with Crippen LogP contribution in [-0.2, 0) is 0 Å². The van der Waals surface area contributed by atoms with E-state index < -0.39 is 4.92 Å². The summed E-state index contributed by atoms with van der Waals surface area (Å²) in [4.78, 5) is 10.6. The highest BCUT2D eigenvalue weighted by molar-refractivity contribution is 5.72. The van der Waals surface area contributed by atoms with Crippen LogP contribution in [0.5, 0.6) is 5.75 Å². The number of nitrogens with zero attached hydrogens (tertiary/aromatic N) is 1. The molecule has 22 heavy (non-hydrogen) atoms. The predicted molar refractivity (Wildman–Crippen MR) is 89.2 cm³/mol. The zero-order valence-corrected chi connectivity index (χ0v) is 13.2. The second kappa shape index (κ2) is 6.43. The van der Waals surface area contributed by atoms with Crippen LogP contribution in [0.15, 0.2) is 30.3 Å². The zero-order valence-electron chi connectivity index (χ0n) is 13.2. The molecule has 0 heterocycles. The lowest BCUT2D eigenvalue weighted by Crippen LogP contribution is -1.93. The maximum atomic E-state index is 11.0. The summed E-state index contributed by atoms with van der Waals surface area (Å²) in [5.41, 5.74) is 5.58. The first-order valence-corrected chi connectivity index (χ1v) is 7.00. The molecule has 0 N–H and O–H groups in total. The number of nitro groups is 1. The fourth-order valence-corrected chi connectivity index (χ4v) is 2.31. The highest BCUT2D eigenvalue weighted by Gasteiger charge is 2.14. The Morgan fingerprint density at radius 3 is 2.14 bits per heavy atom. The van der Waals surface area contributed by atoms with E-state index >= 15 is 0 Å². The Morgan fingerprint density at radius 1 is 1.00 bits per heavy atom. The van der Waals surface area contributed by atoms with Gasteiger partial charge in [0.2, 0.25) is 0 Å². The van der Waals surface area contributed by atoms with Crippen molar-refractivity contribution < 1.29 is 9.66 Å². The lowest BCUT2D eigenvalue weighted by atomic mass is 10.00. The van der Waals surface area contributed by atoms with E-state index in [9.17, 15) is 10.1 Å². The number of hydrogen-bond donors (Lipinski definition) is 0. The molecule has 0 aromatic heterocycles. The van der Waals surface area contributed by atoms with Gasteiger partial charge in [-0.1, -0.05) is 30.4 Å². The molecule has 2 rings (SSSR count). The smallest absolute Gasteiger partial charge is 0.311 e. The van der Waals surface area contributed by atoms with Crippen LogP contribution in [0, 0.1) is 30.9 Å². The van der Waals surface area contributed by atoms with Gasteiger partial charge < -0.3 is 4.74 Å². The van der Waals surface area contributed by atoms with Crippen LogP contribution in [0.2, 0.25) is 0 Å². The standard InChI is InChI=1S/C18H19NO3/c1-12-9-16(10-13(2)14(12)3)6-5-15-7-8-18(22-4)17(11-15)19(20)21/h5-11H,1-4H3/b6-5+. The molecule has 114 valence electrons. The van der Waals surface area contributed by atoms with Crippen LogP contribution in [-0.4, -0.2) is 12.0 Å². The van der Waals surface area contributed by atoms with E-state index in [0.29, 0.717) is 0 Å². The molecule has 4 nitrogen and oxygen atoms in total. The first-order valence-electron chi connectivity index (χ1n) is 7.00. The highest BCUT2D eigenvalue weighted by atomic mass is 16.6. The third-order valence-corrected chi connectivity index (χ3v) is 3.82. The van der Waals surface area contributed by atoms with Crippen molar-refractivity contribution in [2.75, 3.05) is 7.11 Å². The number of rotatable bonds is 4. The summed E-state index contributed by atoms with van der Waals surface area (Å²) in [5, 5.41) is 11.0.